The molecule has 1 aromatic carbocycles. The van der Waals surface area contributed by atoms with Crippen LogP contribution >= 0.6 is 0 Å². The lowest BCUT2D eigenvalue weighted by atomic mass is 9.98. The maximum absolute atomic E-state index is 13.6. The van der Waals surface area contributed by atoms with E-state index in [1.165, 1.54) is 18.5 Å². The van der Waals surface area contributed by atoms with Gasteiger partial charge in [-0.3, -0.25) is 0 Å². The van der Waals surface area contributed by atoms with E-state index in [-0.39, 0.29) is 5.82 Å². The Hall–Kier alpha value is -1.44. The van der Waals surface area contributed by atoms with Crippen molar-refractivity contribution in [3.05, 3.63) is 30.3 Å². The Bertz CT molecular complexity index is 654. The van der Waals surface area contributed by atoms with E-state index in [1.54, 1.807) is 12.3 Å². The van der Waals surface area contributed by atoms with Crippen LogP contribution in [0.25, 0.3) is 10.9 Å². The summed E-state index contributed by atoms with van der Waals surface area (Å²) >= 11 is -0.992. The van der Waals surface area contributed by atoms with Crippen LogP contribution in [-0.2, 0) is 11.4 Å². The number of hydrogen-bond acceptors (Lipinski definition) is 5. The summed E-state index contributed by atoms with van der Waals surface area (Å²) in [5.41, 5.74) is 0.751. The Kier molecular flexibility index (Phi) is 4.75. The van der Waals surface area contributed by atoms with Crippen molar-refractivity contribution in [3.63, 3.8) is 0 Å². The van der Waals surface area contributed by atoms with Crippen LogP contribution < -0.4 is 9.62 Å². The largest absolute Gasteiger partial charge is 0.598 e. The van der Waals surface area contributed by atoms with E-state index in [0.29, 0.717) is 5.92 Å². The van der Waals surface area contributed by atoms with E-state index >= 15 is 0 Å². The molecule has 0 radical (unpaired) electrons. The molecule has 0 saturated carbocycles. The molecule has 1 aromatic heterocycles. The zero-order chi connectivity index (χ0) is 15.5. The van der Waals surface area contributed by atoms with Gasteiger partial charge in [-0.15, -0.1) is 4.72 Å². The van der Waals surface area contributed by atoms with Gasteiger partial charge in [0, 0.05) is 36.4 Å². The summed E-state index contributed by atoms with van der Waals surface area (Å²) in [6, 6.07) is 4.59. The van der Waals surface area contributed by atoms with Gasteiger partial charge in [0.15, 0.2) is 0 Å². The molecule has 2 atom stereocenters. The molecule has 1 saturated heterocycles. The number of aromatic nitrogens is 2. The van der Waals surface area contributed by atoms with Gasteiger partial charge in [0.2, 0.25) is 0 Å². The third-order valence-corrected chi connectivity index (χ3v) is 4.54. The van der Waals surface area contributed by atoms with Crippen molar-refractivity contribution in [1.29, 1.82) is 0 Å². The second-order valence-corrected chi connectivity index (χ2v) is 6.81. The standard InChI is InChI=1S/C15H19FN4OS/c1-22(21)19-8-11-3-2-6-20(9-11)15-13-7-12(16)4-5-14(13)17-10-18-15/h4-5,7,10-11,19H,2-3,6,8-9H2,1H3. The molecule has 1 N–H and O–H groups in total. The van der Waals surface area contributed by atoms with Gasteiger partial charge in [0.1, 0.15) is 24.2 Å². The van der Waals surface area contributed by atoms with Crippen molar-refractivity contribution < 1.29 is 8.94 Å². The van der Waals surface area contributed by atoms with E-state index < -0.39 is 11.4 Å². The van der Waals surface area contributed by atoms with Crippen molar-refractivity contribution in [2.45, 2.75) is 12.8 Å². The maximum atomic E-state index is 13.6. The minimum atomic E-state index is -0.992. The number of halogens is 1. The summed E-state index contributed by atoms with van der Waals surface area (Å²) in [5.74, 6) is 0.920. The molecule has 2 aromatic rings. The lowest BCUT2D eigenvalue weighted by Crippen LogP contribution is -2.41. The second-order valence-electron chi connectivity index (χ2n) is 5.62. The number of piperidine rings is 1. The first-order valence-corrected chi connectivity index (χ1v) is 8.91. The molecule has 5 nitrogen and oxygen atoms in total. The highest BCUT2D eigenvalue weighted by atomic mass is 32.2. The average Bonchev–Trinajstić information content (AvgIpc) is 2.52. The monoisotopic (exact) mass is 322 g/mol. The molecule has 2 unspecified atom stereocenters. The zero-order valence-corrected chi connectivity index (χ0v) is 13.3. The molecule has 1 fully saturated rings. The van der Waals surface area contributed by atoms with E-state index in [4.69, 9.17) is 0 Å². The number of benzene rings is 1. The van der Waals surface area contributed by atoms with Crippen LogP contribution in [-0.4, -0.2) is 40.4 Å². The zero-order valence-electron chi connectivity index (χ0n) is 12.5. The summed E-state index contributed by atoms with van der Waals surface area (Å²) in [6.45, 7) is 2.44. The third-order valence-electron chi connectivity index (χ3n) is 3.97. The molecule has 1 aliphatic heterocycles. The SMILES string of the molecule is C[S+]([O-])NCC1CCCN(c2ncnc3ccc(F)cc23)C1. The minimum absolute atomic E-state index is 0.278. The number of anilines is 1. The van der Waals surface area contributed by atoms with Crippen LogP contribution in [0.2, 0.25) is 0 Å². The van der Waals surface area contributed by atoms with Crippen LogP contribution in [0.5, 0.6) is 0 Å². The summed E-state index contributed by atoms with van der Waals surface area (Å²) in [6.07, 6.45) is 5.31. The molecule has 0 spiro atoms. The van der Waals surface area contributed by atoms with Crippen molar-refractivity contribution in [2.75, 3.05) is 30.8 Å². The molecule has 2 heterocycles. The number of nitrogens with one attached hydrogen (secondary N) is 1. The van der Waals surface area contributed by atoms with Crippen LogP contribution in [0, 0.1) is 11.7 Å². The first kappa shape index (κ1) is 15.5. The Morgan fingerprint density at radius 1 is 1.45 bits per heavy atom. The van der Waals surface area contributed by atoms with Crippen LogP contribution in [0.15, 0.2) is 24.5 Å². The van der Waals surface area contributed by atoms with E-state index in [2.05, 4.69) is 19.6 Å². The maximum Gasteiger partial charge on any atom is 0.139 e. The van der Waals surface area contributed by atoms with E-state index in [1.807, 2.05) is 0 Å². The Morgan fingerprint density at radius 2 is 2.32 bits per heavy atom. The fourth-order valence-electron chi connectivity index (χ4n) is 2.93. The second kappa shape index (κ2) is 6.76. The first-order chi connectivity index (χ1) is 10.6. The molecule has 0 aliphatic carbocycles. The van der Waals surface area contributed by atoms with Crippen molar-refractivity contribution in [2.24, 2.45) is 5.92 Å². The quantitative estimate of drug-likeness (QED) is 0.871. The average molecular weight is 322 g/mol. The van der Waals surface area contributed by atoms with Gasteiger partial charge in [-0.2, -0.15) is 0 Å². The molecular weight excluding hydrogens is 303 g/mol. The molecule has 22 heavy (non-hydrogen) atoms. The van der Waals surface area contributed by atoms with E-state index in [9.17, 15) is 8.94 Å². The van der Waals surface area contributed by atoms with Gasteiger partial charge in [-0.25, -0.2) is 14.4 Å². The van der Waals surface area contributed by atoms with Gasteiger partial charge in [0.05, 0.1) is 5.52 Å². The normalized spacial score (nSPS) is 20.3. The smallest absolute Gasteiger partial charge is 0.139 e. The molecular formula is C15H19FN4OS. The number of fused-ring (bicyclic) bond motifs is 1. The van der Waals surface area contributed by atoms with Crippen LogP contribution in [0.1, 0.15) is 12.8 Å². The van der Waals surface area contributed by atoms with Crippen molar-refractivity contribution in [3.8, 4) is 0 Å². The molecule has 1 aliphatic rings. The van der Waals surface area contributed by atoms with Gasteiger partial charge >= 0.3 is 0 Å². The summed E-state index contributed by atoms with van der Waals surface area (Å²) in [4.78, 5) is 10.7. The highest BCUT2D eigenvalue weighted by Crippen LogP contribution is 2.27. The predicted octanol–water partition coefficient (Wildman–Crippen LogP) is 1.87. The van der Waals surface area contributed by atoms with Gasteiger partial charge < -0.3 is 9.45 Å². The Morgan fingerprint density at radius 3 is 3.14 bits per heavy atom. The van der Waals surface area contributed by atoms with Crippen LogP contribution in [0.4, 0.5) is 10.2 Å². The van der Waals surface area contributed by atoms with Crippen molar-refractivity contribution in [1.82, 2.24) is 14.7 Å². The van der Waals surface area contributed by atoms with Gasteiger partial charge in [-0.05, 0) is 37.0 Å². The van der Waals surface area contributed by atoms with Gasteiger partial charge in [0.25, 0.3) is 0 Å². The van der Waals surface area contributed by atoms with Crippen LogP contribution in [0.3, 0.4) is 0 Å². The third kappa shape index (κ3) is 3.48. The lowest BCUT2D eigenvalue weighted by molar-refractivity contribution is 0.410. The fraction of sp³-hybridized carbons (Fsp3) is 0.467. The number of rotatable bonds is 4. The Labute approximate surface area is 132 Å². The summed E-state index contributed by atoms with van der Waals surface area (Å²) in [5, 5.41) is 0.746. The molecule has 0 amide bonds. The molecule has 3 rings (SSSR count). The lowest BCUT2D eigenvalue weighted by Gasteiger charge is -2.34. The molecule has 0 bridgehead atoms. The molecule has 7 heteroatoms. The molecule has 118 valence electrons. The first-order valence-electron chi connectivity index (χ1n) is 7.35. The predicted molar refractivity (Wildman–Crippen MR) is 86.5 cm³/mol. The summed E-state index contributed by atoms with van der Waals surface area (Å²) < 4.78 is 27.7. The minimum Gasteiger partial charge on any atom is -0.598 e. The summed E-state index contributed by atoms with van der Waals surface area (Å²) in [7, 11) is 0. The number of hydrogen-bond donors (Lipinski definition) is 1. The highest BCUT2D eigenvalue weighted by Gasteiger charge is 2.23. The van der Waals surface area contributed by atoms with Crippen molar-refractivity contribution >= 4 is 28.1 Å². The van der Waals surface area contributed by atoms with E-state index in [0.717, 1.165) is 49.2 Å². The Balaban J connectivity index is 1.82. The fourth-order valence-corrected chi connectivity index (χ4v) is 3.40. The van der Waals surface area contributed by atoms with Gasteiger partial charge in [-0.1, -0.05) is 0 Å². The topological polar surface area (TPSA) is 64.1 Å². The number of nitrogens with zero attached hydrogens (tertiary/aromatic N) is 3. The highest BCUT2D eigenvalue weighted by molar-refractivity contribution is 7.88.